The molecule has 0 spiro atoms. The number of aromatic nitrogens is 1. The van der Waals surface area contributed by atoms with E-state index in [9.17, 15) is 9.00 Å². The number of nitrogens with zero attached hydrogens (tertiary/aromatic N) is 2. The van der Waals surface area contributed by atoms with Gasteiger partial charge in [-0.15, -0.1) is 0 Å². The van der Waals surface area contributed by atoms with E-state index >= 15 is 0 Å². The zero-order chi connectivity index (χ0) is 17.7. The van der Waals surface area contributed by atoms with Crippen LogP contribution in [0.25, 0.3) is 22.0 Å². The summed E-state index contributed by atoms with van der Waals surface area (Å²) < 4.78 is 15.6. The Morgan fingerprint density at radius 1 is 1.20 bits per heavy atom. The molecular formula is C18H14ClN3O2S. The predicted molar refractivity (Wildman–Crippen MR) is 100 cm³/mol. The van der Waals surface area contributed by atoms with Gasteiger partial charge in [-0.2, -0.15) is 0 Å². The largest absolute Gasteiger partial charge is 0.345 e. The standard InChI is InChI=1S/C18H14ClN3O2S/c1-22(2)18(23)10-5-6-15-12(8-10)13-9-14(19)11-4-3-7-20-16(11)17(13)21-25(15)24/h3-9,21H,1-2H3. The monoisotopic (exact) mass is 371 g/mol. The van der Waals surface area contributed by atoms with Crippen LogP contribution in [-0.2, 0) is 11.0 Å². The second kappa shape index (κ2) is 5.82. The maximum Gasteiger partial charge on any atom is 0.253 e. The lowest BCUT2D eigenvalue weighted by Gasteiger charge is -2.23. The number of benzene rings is 2. The van der Waals surface area contributed by atoms with Crippen LogP contribution in [0.2, 0.25) is 5.02 Å². The van der Waals surface area contributed by atoms with E-state index in [1.165, 1.54) is 4.90 Å². The molecule has 25 heavy (non-hydrogen) atoms. The first-order chi connectivity index (χ1) is 12.0. The summed E-state index contributed by atoms with van der Waals surface area (Å²) in [6, 6.07) is 10.7. The summed E-state index contributed by atoms with van der Waals surface area (Å²) >= 11 is 6.43. The van der Waals surface area contributed by atoms with Crippen LogP contribution in [0.3, 0.4) is 0 Å². The molecule has 5 nitrogen and oxygen atoms in total. The zero-order valence-corrected chi connectivity index (χ0v) is 15.1. The molecule has 1 atom stereocenters. The van der Waals surface area contributed by atoms with E-state index in [0.717, 1.165) is 16.5 Å². The lowest BCUT2D eigenvalue weighted by molar-refractivity contribution is 0.0827. The molecule has 0 bridgehead atoms. The number of carbonyl (C=O) groups is 1. The first-order valence-electron chi connectivity index (χ1n) is 7.59. The maximum absolute atomic E-state index is 12.6. The normalized spacial score (nSPS) is 15.2. The highest BCUT2D eigenvalue weighted by Crippen LogP contribution is 2.44. The van der Waals surface area contributed by atoms with Crippen LogP contribution < -0.4 is 4.72 Å². The van der Waals surface area contributed by atoms with Crippen molar-refractivity contribution in [2.75, 3.05) is 18.8 Å². The van der Waals surface area contributed by atoms with Crippen molar-refractivity contribution in [1.82, 2.24) is 9.88 Å². The van der Waals surface area contributed by atoms with Crippen LogP contribution in [0, 0.1) is 0 Å². The van der Waals surface area contributed by atoms with Gasteiger partial charge in [-0.3, -0.25) is 14.5 Å². The lowest BCUT2D eigenvalue weighted by Crippen LogP contribution is -2.22. The molecule has 1 aliphatic heterocycles. The molecule has 4 rings (SSSR count). The SMILES string of the molecule is CN(C)C(=O)c1ccc2c(c1)-c1cc(Cl)c3cccnc3c1NS2=O. The van der Waals surface area contributed by atoms with Crippen LogP contribution in [0.15, 0.2) is 47.5 Å². The van der Waals surface area contributed by atoms with Gasteiger partial charge in [-0.05, 0) is 36.4 Å². The third-order valence-electron chi connectivity index (χ3n) is 4.16. The summed E-state index contributed by atoms with van der Waals surface area (Å²) in [5, 5.41) is 1.35. The van der Waals surface area contributed by atoms with Crippen molar-refractivity contribution in [3.8, 4) is 11.1 Å². The minimum atomic E-state index is -1.43. The van der Waals surface area contributed by atoms with Gasteiger partial charge in [0.05, 0.1) is 21.1 Å². The fourth-order valence-corrected chi connectivity index (χ4v) is 4.28. The summed E-state index contributed by atoms with van der Waals surface area (Å²) in [4.78, 5) is 18.8. The molecule has 1 unspecified atom stereocenters. The highest BCUT2D eigenvalue weighted by Gasteiger charge is 2.26. The molecule has 0 radical (unpaired) electrons. The number of pyridine rings is 1. The van der Waals surface area contributed by atoms with Crippen molar-refractivity contribution in [2.45, 2.75) is 4.90 Å². The predicted octanol–water partition coefficient (Wildman–Crippen LogP) is 3.71. The highest BCUT2D eigenvalue weighted by molar-refractivity contribution is 7.86. The molecular weight excluding hydrogens is 358 g/mol. The van der Waals surface area contributed by atoms with E-state index in [1.54, 1.807) is 38.5 Å². The van der Waals surface area contributed by atoms with E-state index in [2.05, 4.69) is 9.71 Å². The van der Waals surface area contributed by atoms with Crippen LogP contribution in [-0.4, -0.2) is 34.1 Å². The Balaban J connectivity index is 2.02. The molecule has 7 heteroatoms. The molecule has 0 aliphatic carbocycles. The van der Waals surface area contributed by atoms with Gasteiger partial charge in [0.1, 0.15) is 0 Å². The first-order valence-corrected chi connectivity index (χ1v) is 9.12. The van der Waals surface area contributed by atoms with E-state index in [4.69, 9.17) is 11.6 Å². The minimum Gasteiger partial charge on any atom is -0.345 e. The highest BCUT2D eigenvalue weighted by atomic mass is 35.5. The van der Waals surface area contributed by atoms with Gasteiger partial charge >= 0.3 is 0 Å². The Kier molecular flexibility index (Phi) is 3.74. The summed E-state index contributed by atoms with van der Waals surface area (Å²) in [7, 11) is 1.97. The molecule has 2 heterocycles. The van der Waals surface area contributed by atoms with E-state index in [-0.39, 0.29) is 5.91 Å². The molecule has 2 aromatic carbocycles. The van der Waals surface area contributed by atoms with Gasteiger partial charge in [0.2, 0.25) is 0 Å². The second-order valence-electron chi connectivity index (χ2n) is 5.96. The topological polar surface area (TPSA) is 62.3 Å². The molecule has 126 valence electrons. The molecule has 0 fully saturated rings. The number of anilines is 1. The van der Waals surface area contributed by atoms with E-state index in [0.29, 0.717) is 26.7 Å². The van der Waals surface area contributed by atoms with Gasteiger partial charge in [-0.1, -0.05) is 11.6 Å². The number of amides is 1. The Labute approximate surface area is 152 Å². The zero-order valence-electron chi connectivity index (χ0n) is 13.5. The summed E-state index contributed by atoms with van der Waals surface area (Å²) in [5.74, 6) is -0.112. The third kappa shape index (κ3) is 2.49. The molecule has 0 saturated heterocycles. The maximum atomic E-state index is 12.6. The fraction of sp³-hybridized carbons (Fsp3) is 0.111. The van der Waals surface area contributed by atoms with Crippen molar-refractivity contribution in [3.63, 3.8) is 0 Å². The number of hydrogen-bond donors (Lipinski definition) is 1. The summed E-state index contributed by atoms with van der Waals surface area (Å²) in [6.45, 7) is 0. The number of halogens is 1. The van der Waals surface area contributed by atoms with Crippen molar-refractivity contribution < 1.29 is 9.00 Å². The number of rotatable bonds is 1. The molecule has 1 aliphatic rings. The van der Waals surface area contributed by atoms with Gasteiger partial charge < -0.3 is 4.90 Å². The number of fused-ring (bicyclic) bond motifs is 5. The Morgan fingerprint density at radius 2 is 2.00 bits per heavy atom. The average molecular weight is 372 g/mol. The van der Waals surface area contributed by atoms with Crippen molar-refractivity contribution >= 4 is 45.1 Å². The first kappa shape index (κ1) is 16.1. The number of hydrogen-bond acceptors (Lipinski definition) is 3. The van der Waals surface area contributed by atoms with Crippen molar-refractivity contribution in [2.24, 2.45) is 0 Å². The second-order valence-corrected chi connectivity index (χ2v) is 7.55. The fourth-order valence-electron chi connectivity index (χ4n) is 2.96. The van der Waals surface area contributed by atoms with Gasteiger partial charge in [0.15, 0.2) is 11.0 Å². The van der Waals surface area contributed by atoms with Gasteiger partial charge in [0.25, 0.3) is 5.91 Å². The average Bonchev–Trinajstić information content (AvgIpc) is 2.62. The lowest BCUT2D eigenvalue weighted by atomic mass is 9.98. The molecule has 1 N–H and O–H groups in total. The third-order valence-corrected chi connectivity index (χ3v) is 5.62. The Hall–Kier alpha value is -2.44. The Bertz CT molecular complexity index is 1070. The molecule has 3 aromatic rings. The van der Waals surface area contributed by atoms with E-state index < -0.39 is 11.0 Å². The van der Waals surface area contributed by atoms with Crippen LogP contribution >= 0.6 is 11.6 Å². The quantitative estimate of drug-likeness (QED) is 0.709. The van der Waals surface area contributed by atoms with Gasteiger partial charge in [-0.25, -0.2) is 4.21 Å². The summed E-state index contributed by atoms with van der Waals surface area (Å²) in [6.07, 6.45) is 1.67. The summed E-state index contributed by atoms with van der Waals surface area (Å²) in [5.41, 5.74) is 3.38. The van der Waals surface area contributed by atoms with Crippen molar-refractivity contribution in [3.05, 3.63) is 53.2 Å². The van der Waals surface area contributed by atoms with Crippen LogP contribution in [0.1, 0.15) is 10.4 Å². The molecule has 1 amide bonds. The molecule has 1 aromatic heterocycles. The van der Waals surface area contributed by atoms with Crippen LogP contribution in [0.4, 0.5) is 5.69 Å². The van der Waals surface area contributed by atoms with Crippen LogP contribution in [0.5, 0.6) is 0 Å². The smallest absolute Gasteiger partial charge is 0.253 e. The van der Waals surface area contributed by atoms with Gasteiger partial charge in [0, 0.05) is 42.4 Å². The minimum absolute atomic E-state index is 0.112. The number of carbonyl (C=O) groups excluding carboxylic acids is 1. The Morgan fingerprint density at radius 3 is 2.76 bits per heavy atom. The molecule has 0 saturated carbocycles. The van der Waals surface area contributed by atoms with Crippen molar-refractivity contribution in [1.29, 1.82) is 0 Å². The van der Waals surface area contributed by atoms with E-state index in [1.807, 2.05) is 18.2 Å². The number of nitrogens with one attached hydrogen (secondary N) is 1.